The number of nitrogens with one attached hydrogen (secondary N) is 2. The number of nitrogens with zero attached hydrogens (tertiary/aromatic N) is 3. The molecule has 2 rings (SSSR count). The van der Waals surface area contributed by atoms with Gasteiger partial charge in [-0.25, -0.2) is 4.79 Å². The van der Waals surface area contributed by atoms with E-state index >= 15 is 0 Å². The van der Waals surface area contributed by atoms with Crippen molar-refractivity contribution >= 4 is 27.2 Å². The van der Waals surface area contributed by atoms with Crippen LogP contribution in [0.4, 0.5) is 17.1 Å². The number of H-pyrrole nitrogens is 2. The summed E-state index contributed by atoms with van der Waals surface area (Å²) in [6.45, 7) is 0. The van der Waals surface area contributed by atoms with Crippen molar-refractivity contribution in [1.82, 2.24) is 9.97 Å². The van der Waals surface area contributed by atoms with Crippen LogP contribution in [-0.2, 0) is 10.1 Å². The number of aromatic amines is 2. The number of phenolic OH excluding ortho intramolecular Hbond substituents is 1. The third kappa shape index (κ3) is 3.67. The van der Waals surface area contributed by atoms with Crippen molar-refractivity contribution in [2.75, 3.05) is 0 Å². The fourth-order valence-electron chi connectivity index (χ4n) is 1.62. The maximum atomic E-state index is 11.5. The number of phenols is 1. The summed E-state index contributed by atoms with van der Waals surface area (Å²) in [6.07, 6.45) is 0. The molecule has 0 fully saturated rings. The van der Waals surface area contributed by atoms with E-state index in [-0.39, 0.29) is 0 Å². The minimum absolute atomic E-state index is 0.383. The van der Waals surface area contributed by atoms with Crippen molar-refractivity contribution in [3.05, 3.63) is 43.1 Å². The van der Waals surface area contributed by atoms with Crippen LogP contribution in [0, 0.1) is 10.1 Å². The summed E-state index contributed by atoms with van der Waals surface area (Å²) in [7, 11) is -5.04. The second-order valence-corrected chi connectivity index (χ2v) is 5.74. The molecule has 0 saturated heterocycles. The highest BCUT2D eigenvalue weighted by Gasteiger charge is 2.24. The smallest absolute Gasteiger partial charge is 0.328 e. The maximum Gasteiger partial charge on any atom is 0.328 e. The first-order valence-electron chi connectivity index (χ1n) is 5.97. The summed E-state index contributed by atoms with van der Waals surface area (Å²) < 4.78 is 31.3. The normalized spacial score (nSPS) is 11.7. The van der Waals surface area contributed by atoms with Gasteiger partial charge in [0.25, 0.3) is 21.4 Å². The van der Waals surface area contributed by atoms with Gasteiger partial charge in [-0.05, 0) is 0 Å². The first kappa shape index (κ1) is 17.8. The second kappa shape index (κ2) is 6.13. The summed E-state index contributed by atoms with van der Waals surface area (Å²) in [5.74, 6) is -2.17. The van der Waals surface area contributed by atoms with Crippen molar-refractivity contribution in [2.45, 2.75) is 4.90 Å². The molecule has 5 N–H and O–H groups in total. The van der Waals surface area contributed by atoms with E-state index in [2.05, 4.69) is 10.2 Å². The maximum absolute atomic E-state index is 11.5. The van der Waals surface area contributed by atoms with E-state index in [1.54, 1.807) is 9.97 Å². The zero-order valence-electron chi connectivity index (χ0n) is 11.7. The van der Waals surface area contributed by atoms with E-state index in [1.807, 2.05) is 0 Å². The minimum atomic E-state index is -5.04. The third-order valence-electron chi connectivity index (χ3n) is 2.68. The van der Waals surface area contributed by atoms with Gasteiger partial charge in [-0.15, -0.1) is 10.2 Å². The lowest BCUT2D eigenvalue weighted by Gasteiger charge is -2.04. The Morgan fingerprint density at radius 3 is 2.28 bits per heavy atom. The lowest BCUT2D eigenvalue weighted by Crippen LogP contribution is -2.20. The molecule has 0 atom stereocenters. The van der Waals surface area contributed by atoms with Gasteiger partial charge in [0.15, 0.2) is 5.75 Å². The van der Waals surface area contributed by atoms with E-state index in [0.29, 0.717) is 12.1 Å². The van der Waals surface area contributed by atoms with Gasteiger partial charge in [-0.1, -0.05) is 0 Å². The number of nitro benzene ring substituents is 1. The summed E-state index contributed by atoms with van der Waals surface area (Å²) in [5.41, 5.74) is -4.71. The van der Waals surface area contributed by atoms with Gasteiger partial charge >= 0.3 is 5.69 Å². The van der Waals surface area contributed by atoms with Gasteiger partial charge in [-0.3, -0.25) is 29.4 Å². The molecular weight excluding hydrogens is 366 g/mol. The molecule has 0 unspecified atom stereocenters. The molecule has 132 valence electrons. The van der Waals surface area contributed by atoms with Crippen LogP contribution in [0.2, 0.25) is 0 Å². The molecular formula is C10H7N5O9S. The van der Waals surface area contributed by atoms with Crippen LogP contribution in [0.3, 0.4) is 0 Å². The zero-order valence-corrected chi connectivity index (χ0v) is 12.5. The number of azo groups is 1. The predicted molar refractivity (Wildman–Crippen MR) is 78.1 cm³/mol. The number of aromatic hydroxyl groups is 2. The molecule has 15 heteroatoms. The molecule has 0 bridgehead atoms. The van der Waals surface area contributed by atoms with E-state index in [1.165, 1.54) is 0 Å². The van der Waals surface area contributed by atoms with Crippen LogP contribution in [0.15, 0.2) is 36.8 Å². The van der Waals surface area contributed by atoms with Crippen LogP contribution < -0.4 is 11.2 Å². The minimum Gasteiger partial charge on any atom is -0.504 e. The Hall–Kier alpha value is -3.59. The Kier molecular flexibility index (Phi) is 4.36. The van der Waals surface area contributed by atoms with Gasteiger partial charge in [0.1, 0.15) is 10.6 Å². The topological polar surface area (TPSA) is 228 Å². The van der Waals surface area contributed by atoms with Gasteiger partial charge < -0.3 is 10.2 Å². The Morgan fingerprint density at radius 1 is 1.12 bits per heavy atom. The quantitative estimate of drug-likeness (QED) is 0.210. The van der Waals surface area contributed by atoms with Crippen LogP contribution in [0.5, 0.6) is 11.6 Å². The van der Waals surface area contributed by atoms with Gasteiger partial charge in [-0.2, -0.15) is 8.42 Å². The Labute approximate surface area is 136 Å². The number of aromatic nitrogens is 2. The predicted octanol–water partition coefficient (Wildman–Crippen LogP) is 0.0447. The van der Waals surface area contributed by atoms with Crippen molar-refractivity contribution in [3.8, 4) is 11.6 Å². The molecule has 2 aromatic rings. The molecule has 0 aliphatic carbocycles. The van der Waals surface area contributed by atoms with Gasteiger partial charge in [0.2, 0.25) is 11.6 Å². The molecule has 25 heavy (non-hydrogen) atoms. The third-order valence-corrected chi connectivity index (χ3v) is 3.55. The number of hydrogen-bond acceptors (Lipinski definition) is 10. The fraction of sp³-hybridized carbons (Fsp3) is 0. The number of benzene rings is 1. The Balaban J connectivity index is 2.68. The van der Waals surface area contributed by atoms with E-state index < -0.39 is 59.9 Å². The Bertz CT molecular complexity index is 1110. The summed E-state index contributed by atoms with van der Waals surface area (Å²) in [4.78, 5) is 34.4. The molecule has 0 amide bonds. The number of hydrogen-bond donors (Lipinski definition) is 5. The Morgan fingerprint density at radius 2 is 1.76 bits per heavy atom. The van der Waals surface area contributed by atoms with E-state index in [9.17, 15) is 38.3 Å². The highest BCUT2D eigenvalue weighted by molar-refractivity contribution is 7.86. The van der Waals surface area contributed by atoms with E-state index in [0.717, 1.165) is 0 Å². The monoisotopic (exact) mass is 373 g/mol. The molecule has 0 saturated carbocycles. The molecule has 0 aliphatic rings. The standard InChI is InChI=1S/C10H7N5O9S/c16-7-4(1-3(15(20)21)2-5(7)25(22,23)24)13-14-6-8(17)11-10(19)12-9(6)18/h1-2,16H,(H,22,23,24)(H3,11,12,17,18,19). The first-order chi connectivity index (χ1) is 11.5. The molecule has 0 aliphatic heterocycles. The molecule has 14 nitrogen and oxygen atoms in total. The average molecular weight is 373 g/mol. The summed E-state index contributed by atoms with van der Waals surface area (Å²) >= 11 is 0. The second-order valence-electron chi connectivity index (χ2n) is 4.35. The lowest BCUT2D eigenvalue weighted by molar-refractivity contribution is -0.385. The molecule has 1 aromatic heterocycles. The van der Waals surface area contributed by atoms with Crippen LogP contribution in [-0.4, -0.2) is 38.1 Å². The molecule has 1 aromatic carbocycles. The van der Waals surface area contributed by atoms with E-state index in [4.69, 9.17) is 4.55 Å². The van der Waals surface area contributed by atoms with Crippen molar-refractivity contribution in [3.63, 3.8) is 0 Å². The number of rotatable bonds is 4. The SMILES string of the molecule is O=c1[nH]c(O)c(N=Nc2cc([N+](=O)[O-])cc(S(=O)(=O)O)c2O)c(=O)[nH]1. The molecule has 0 radical (unpaired) electrons. The van der Waals surface area contributed by atoms with Crippen molar-refractivity contribution < 1.29 is 28.1 Å². The number of nitro groups is 1. The summed E-state index contributed by atoms with van der Waals surface area (Å²) in [5, 5.41) is 36.4. The zero-order chi connectivity index (χ0) is 18.9. The lowest BCUT2D eigenvalue weighted by atomic mass is 10.2. The highest BCUT2D eigenvalue weighted by atomic mass is 32.2. The largest absolute Gasteiger partial charge is 0.504 e. The van der Waals surface area contributed by atoms with Gasteiger partial charge in [0, 0.05) is 12.1 Å². The number of non-ortho nitro benzene ring substituents is 1. The molecule has 0 spiro atoms. The highest BCUT2D eigenvalue weighted by Crippen LogP contribution is 2.38. The van der Waals surface area contributed by atoms with Crippen molar-refractivity contribution in [2.24, 2.45) is 10.2 Å². The fourth-order valence-corrected chi connectivity index (χ4v) is 2.24. The van der Waals surface area contributed by atoms with Crippen LogP contribution >= 0.6 is 0 Å². The molecule has 1 heterocycles. The first-order valence-corrected chi connectivity index (χ1v) is 7.41. The summed E-state index contributed by atoms with van der Waals surface area (Å²) in [6, 6.07) is 0.985. The van der Waals surface area contributed by atoms with Crippen molar-refractivity contribution in [1.29, 1.82) is 0 Å². The average Bonchev–Trinajstić information content (AvgIpc) is 2.46. The van der Waals surface area contributed by atoms with Crippen LogP contribution in [0.1, 0.15) is 0 Å². The van der Waals surface area contributed by atoms with Gasteiger partial charge in [0.05, 0.1) is 4.92 Å². The van der Waals surface area contributed by atoms with Crippen LogP contribution in [0.25, 0.3) is 0 Å².